The second-order valence-corrected chi connectivity index (χ2v) is 3.64. The van der Waals surface area contributed by atoms with Gasteiger partial charge in [-0.2, -0.15) is 5.26 Å². The molecule has 0 saturated carbocycles. The number of hydrogen-bond donors (Lipinski definition) is 2. The number of hydrogen-bond acceptors (Lipinski definition) is 4. The average Bonchev–Trinajstić information content (AvgIpc) is 2.38. The number of anilines is 2. The van der Waals surface area contributed by atoms with Crippen LogP contribution in [0.15, 0.2) is 42.6 Å². The molecule has 3 N–H and O–H groups in total. The van der Waals surface area contributed by atoms with Gasteiger partial charge in [-0.05, 0) is 29.8 Å². The number of pyridine rings is 1. The number of benzene rings is 1. The Labute approximate surface area is 99.7 Å². The Kier molecular flexibility index (Phi) is 3.22. The normalized spacial score (nSPS) is 9.59. The molecular weight excluding hydrogens is 212 g/mol. The lowest BCUT2D eigenvalue weighted by Crippen LogP contribution is -2.01. The summed E-state index contributed by atoms with van der Waals surface area (Å²) in [7, 11) is 0. The number of nitriles is 1. The standard InChI is InChI=1S/C13H12N4/c14-8-11-5-6-16-13(7-11)17-9-10-1-3-12(15)4-2-10/h1-7H,9,15H2,(H,16,17). The van der Waals surface area contributed by atoms with E-state index >= 15 is 0 Å². The third kappa shape index (κ3) is 2.95. The Hall–Kier alpha value is -2.54. The number of aromatic nitrogens is 1. The highest BCUT2D eigenvalue weighted by Crippen LogP contribution is 2.09. The molecule has 0 aliphatic rings. The first-order valence-corrected chi connectivity index (χ1v) is 5.22. The first-order valence-electron chi connectivity index (χ1n) is 5.22. The van der Waals surface area contributed by atoms with Crippen LogP contribution in [0.4, 0.5) is 11.5 Å². The fourth-order valence-corrected chi connectivity index (χ4v) is 1.42. The third-order valence-electron chi connectivity index (χ3n) is 2.34. The van der Waals surface area contributed by atoms with E-state index in [1.807, 2.05) is 24.3 Å². The van der Waals surface area contributed by atoms with Crippen LogP contribution in [0, 0.1) is 11.3 Å². The van der Waals surface area contributed by atoms with E-state index in [-0.39, 0.29) is 0 Å². The van der Waals surface area contributed by atoms with Crippen molar-refractivity contribution in [2.75, 3.05) is 11.1 Å². The minimum atomic E-state index is 0.597. The van der Waals surface area contributed by atoms with Crippen LogP contribution in [0.1, 0.15) is 11.1 Å². The molecule has 0 saturated heterocycles. The zero-order valence-corrected chi connectivity index (χ0v) is 9.22. The molecule has 0 bridgehead atoms. The molecule has 0 radical (unpaired) electrons. The summed E-state index contributed by atoms with van der Waals surface area (Å²) in [5, 5.41) is 11.9. The van der Waals surface area contributed by atoms with E-state index < -0.39 is 0 Å². The molecule has 0 fully saturated rings. The predicted molar refractivity (Wildman–Crippen MR) is 67.1 cm³/mol. The average molecular weight is 224 g/mol. The van der Waals surface area contributed by atoms with Gasteiger partial charge >= 0.3 is 0 Å². The maximum Gasteiger partial charge on any atom is 0.127 e. The topological polar surface area (TPSA) is 74.7 Å². The van der Waals surface area contributed by atoms with Crippen molar-refractivity contribution in [2.24, 2.45) is 0 Å². The van der Waals surface area contributed by atoms with E-state index in [0.29, 0.717) is 17.9 Å². The number of rotatable bonds is 3. The van der Waals surface area contributed by atoms with Crippen LogP contribution < -0.4 is 11.1 Å². The summed E-state index contributed by atoms with van der Waals surface area (Å²) >= 11 is 0. The molecule has 1 aromatic heterocycles. The Morgan fingerprint density at radius 2 is 2.00 bits per heavy atom. The molecule has 84 valence electrons. The monoisotopic (exact) mass is 224 g/mol. The summed E-state index contributed by atoms with van der Waals surface area (Å²) in [5.41, 5.74) is 8.06. The van der Waals surface area contributed by atoms with E-state index in [9.17, 15) is 0 Å². The van der Waals surface area contributed by atoms with Gasteiger partial charge < -0.3 is 11.1 Å². The largest absolute Gasteiger partial charge is 0.399 e. The van der Waals surface area contributed by atoms with Crippen molar-refractivity contribution < 1.29 is 0 Å². The van der Waals surface area contributed by atoms with Gasteiger partial charge in [-0.25, -0.2) is 4.98 Å². The van der Waals surface area contributed by atoms with Gasteiger partial charge in [-0.3, -0.25) is 0 Å². The van der Waals surface area contributed by atoms with E-state index in [2.05, 4.69) is 16.4 Å². The van der Waals surface area contributed by atoms with Crippen LogP contribution in [0.2, 0.25) is 0 Å². The Morgan fingerprint density at radius 3 is 2.71 bits per heavy atom. The molecule has 0 unspecified atom stereocenters. The lowest BCUT2D eigenvalue weighted by atomic mass is 10.2. The molecule has 4 heteroatoms. The minimum absolute atomic E-state index is 0.597. The van der Waals surface area contributed by atoms with Crippen LogP contribution in [0.25, 0.3) is 0 Å². The summed E-state index contributed by atoms with van der Waals surface area (Å²) in [4.78, 5) is 4.13. The first-order chi connectivity index (χ1) is 8.28. The Balaban J connectivity index is 2.02. The molecule has 17 heavy (non-hydrogen) atoms. The quantitative estimate of drug-likeness (QED) is 0.783. The summed E-state index contributed by atoms with van der Waals surface area (Å²) in [6.45, 7) is 0.655. The zero-order valence-electron chi connectivity index (χ0n) is 9.22. The van der Waals surface area contributed by atoms with Gasteiger partial charge in [0.05, 0.1) is 11.6 Å². The highest BCUT2D eigenvalue weighted by Gasteiger charge is 1.97. The lowest BCUT2D eigenvalue weighted by Gasteiger charge is -2.05. The van der Waals surface area contributed by atoms with Crippen LogP contribution in [0.5, 0.6) is 0 Å². The highest BCUT2D eigenvalue weighted by atomic mass is 15.0. The molecule has 0 aliphatic carbocycles. The van der Waals surface area contributed by atoms with E-state index in [1.54, 1.807) is 18.3 Å². The van der Waals surface area contributed by atoms with Crippen molar-refractivity contribution in [1.82, 2.24) is 4.98 Å². The van der Waals surface area contributed by atoms with Gasteiger partial charge in [0.2, 0.25) is 0 Å². The second-order valence-electron chi connectivity index (χ2n) is 3.64. The van der Waals surface area contributed by atoms with Gasteiger partial charge in [0.25, 0.3) is 0 Å². The number of nitrogen functional groups attached to an aromatic ring is 1. The van der Waals surface area contributed by atoms with Crippen molar-refractivity contribution in [3.05, 3.63) is 53.7 Å². The number of nitrogens with one attached hydrogen (secondary N) is 1. The summed E-state index contributed by atoms with van der Waals surface area (Å²) < 4.78 is 0. The lowest BCUT2D eigenvalue weighted by molar-refractivity contribution is 1.11. The van der Waals surface area contributed by atoms with Crippen LogP contribution >= 0.6 is 0 Å². The van der Waals surface area contributed by atoms with E-state index in [4.69, 9.17) is 11.0 Å². The third-order valence-corrected chi connectivity index (χ3v) is 2.34. The van der Waals surface area contributed by atoms with Crippen molar-refractivity contribution in [3.8, 4) is 6.07 Å². The van der Waals surface area contributed by atoms with Crippen molar-refractivity contribution in [2.45, 2.75) is 6.54 Å². The van der Waals surface area contributed by atoms with Crippen molar-refractivity contribution in [3.63, 3.8) is 0 Å². The molecule has 2 aromatic rings. The molecule has 2 rings (SSSR count). The SMILES string of the molecule is N#Cc1ccnc(NCc2ccc(N)cc2)c1. The number of nitrogens with two attached hydrogens (primary N) is 1. The van der Waals surface area contributed by atoms with Gasteiger partial charge in [0.15, 0.2) is 0 Å². The molecule has 0 amide bonds. The van der Waals surface area contributed by atoms with Gasteiger partial charge in [0.1, 0.15) is 5.82 Å². The molecule has 4 nitrogen and oxygen atoms in total. The number of nitrogens with zero attached hydrogens (tertiary/aromatic N) is 2. The molecule has 0 spiro atoms. The van der Waals surface area contributed by atoms with Crippen molar-refractivity contribution in [1.29, 1.82) is 5.26 Å². The second kappa shape index (κ2) is 4.99. The van der Waals surface area contributed by atoms with E-state index in [0.717, 1.165) is 11.3 Å². The van der Waals surface area contributed by atoms with Crippen LogP contribution in [-0.4, -0.2) is 4.98 Å². The van der Waals surface area contributed by atoms with E-state index in [1.165, 1.54) is 0 Å². The zero-order chi connectivity index (χ0) is 12.1. The molecule has 1 heterocycles. The van der Waals surface area contributed by atoms with Gasteiger partial charge in [0, 0.05) is 18.4 Å². The molecule has 0 atom stereocenters. The smallest absolute Gasteiger partial charge is 0.127 e. The van der Waals surface area contributed by atoms with Gasteiger partial charge in [-0.1, -0.05) is 12.1 Å². The van der Waals surface area contributed by atoms with Crippen molar-refractivity contribution >= 4 is 11.5 Å². The summed E-state index contributed by atoms with van der Waals surface area (Å²) in [6, 6.07) is 13.1. The highest BCUT2D eigenvalue weighted by molar-refractivity contribution is 5.44. The van der Waals surface area contributed by atoms with Crippen LogP contribution in [-0.2, 0) is 6.54 Å². The summed E-state index contributed by atoms with van der Waals surface area (Å²) in [6.07, 6.45) is 1.61. The Morgan fingerprint density at radius 1 is 1.24 bits per heavy atom. The maximum atomic E-state index is 8.76. The minimum Gasteiger partial charge on any atom is -0.399 e. The predicted octanol–water partition coefficient (Wildman–Crippen LogP) is 2.15. The first kappa shape index (κ1) is 11.0. The van der Waals surface area contributed by atoms with Crippen LogP contribution in [0.3, 0.4) is 0 Å². The molecular formula is C13H12N4. The Bertz CT molecular complexity index is 540. The fourth-order valence-electron chi connectivity index (χ4n) is 1.42. The summed E-state index contributed by atoms with van der Waals surface area (Å²) in [5.74, 6) is 0.695. The maximum absolute atomic E-state index is 8.76. The molecule has 1 aromatic carbocycles. The fraction of sp³-hybridized carbons (Fsp3) is 0.0769. The molecule has 0 aliphatic heterocycles. The van der Waals surface area contributed by atoms with Gasteiger partial charge in [-0.15, -0.1) is 0 Å².